The van der Waals surface area contributed by atoms with Gasteiger partial charge < -0.3 is 9.47 Å². The number of likely N-dealkylation sites (tertiary alicyclic amines) is 1. The third-order valence-corrected chi connectivity index (χ3v) is 6.73. The molecule has 1 aromatic heterocycles. The maximum atomic E-state index is 12.8. The molecule has 0 aliphatic carbocycles. The van der Waals surface area contributed by atoms with Crippen molar-refractivity contribution in [1.82, 2.24) is 9.47 Å². The van der Waals surface area contributed by atoms with Crippen LogP contribution in [0.4, 0.5) is 5.69 Å². The molecule has 0 atom stereocenters. The minimum atomic E-state index is -3.70. The van der Waals surface area contributed by atoms with Gasteiger partial charge in [-0.05, 0) is 68.1 Å². The summed E-state index contributed by atoms with van der Waals surface area (Å²) in [7, 11) is -1.83. The summed E-state index contributed by atoms with van der Waals surface area (Å²) in [6, 6.07) is 10.6. The Bertz CT molecular complexity index is 1190. The Morgan fingerprint density at radius 1 is 1.00 bits per heavy atom. The number of rotatable bonds is 4. The zero-order valence-corrected chi connectivity index (χ0v) is 17.7. The summed E-state index contributed by atoms with van der Waals surface area (Å²) in [4.78, 5) is 15.0. The topological polar surface area (TPSA) is 71.4 Å². The molecule has 7 heteroatoms. The van der Waals surface area contributed by atoms with Crippen LogP contribution in [-0.4, -0.2) is 36.9 Å². The Hall–Kier alpha value is -2.80. The second-order valence-electron chi connectivity index (χ2n) is 7.81. The molecular formula is C22H25N3O3S. The number of aryl methyl sites for hydroxylation is 3. The van der Waals surface area contributed by atoms with Gasteiger partial charge in [-0.2, -0.15) is 0 Å². The van der Waals surface area contributed by atoms with Gasteiger partial charge in [0.15, 0.2) is 0 Å². The molecule has 1 N–H and O–H groups in total. The summed E-state index contributed by atoms with van der Waals surface area (Å²) in [5.41, 5.74) is 3.74. The normalized spacial score (nSPS) is 14.5. The molecular weight excluding hydrogens is 386 g/mol. The predicted molar refractivity (Wildman–Crippen MR) is 115 cm³/mol. The largest absolute Gasteiger partial charge is 0.350 e. The highest BCUT2D eigenvalue weighted by Gasteiger charge is 2.23. The first-order valence-corrected chi connectivity index (χ1v) is 11.2. The molecule has 0 saturated carbocycles. The third-order valence-electron chi connectivity index (χ3n) is 5.37. The number of aromatic nitrogens is 1. The van der Waals surface area contributed by atoms with Gasteiger partial charge in [-0.3, -0.25) is 9.52 Å². The summed E-state index contributed by atoms with van der Waals surface area (Å²) in [5.74, 6) is 0.0386. The molecule has 2 heterocycles. The SMILES string of the molecule is Cc1cc(C)cc(S(=O)(=O)Nc2ccc3c(C(=O)N4CCCC4)cn(C)c3c2)c1. The number of hydrogen-bond donors (Lipinski definition) is 1. The Balaban J connectivity index is 1.67. The lowest BCUT2D eigenvalue weighted by molar-refractivity contribution is 0.0794. The lowest BCUT2D eigenvalue weighted by Crippen LogP contribution is -2.27. The smallest absolute Gasteiger partial charge is 0.261 e. The highest BCUT2D eigenvalue weighted by Crippen LogP contribution is 2.27. The van der Waals surface area contributed by atoms with Crippen LogP contribution < -0.4 is 4.72 Å². The van der Waals surface area contributed by atoms with Gasteiger partial charge in [0.2, 0.25) is 0 Å². The molecule has 1 amide bonds. The molecule has 1 aliphatic rings. The first kappa shape index (κ1) is 19.5. The quantitative estimate of drug-likeness (QED) is 0.709. The Labute approximate surface area is 171 Å². The van der Waals surface area contributed by atoms with Crippen molar-refractivity contribution in [1.29, 1.82) is 0 Å². The van der Waals surface area contributed by atoms with E-state index in [2.05, 4.69) is 4.72 Å². The molecule has 1 fully saturated rings. The van der Waals surface area contributed by atoms with Crippen molar-refractivity contribution >= 4 is 32.5 Å². The number of carbonyl (C=O) groups excluding carboxylic acids is 1. The van der Waals surface area contributed by atoms with Gasteiger partial charge in [0.25, 0.3) is 15.9 Å². The molecule has 152 valence electrons. The molecule has 1 saturated heterocycles. The number of nitrogens with one attached hydrogen (secondary N) is 1. The molecule has 0 bridgehead atoms. The number of hydrogen-bond acceptors (Lipinski definition) is 3. The fourth-order valence-corrected chi connectivity index (χ4v) is 5.25. The van der Waals surface area contributed by atoms with Crippen LogP contribution in [0.1, 0.15) is 34.3 Å². The molecule has 29 heavy (non-hydrogen) atoms. The van der Waals surface area contributed by atoms with Crippen molar-refractivity contribution in [3.63, 3.8) is 0 Å². The van der Waals surface area contributed by atoms with E-state index in [0.29, 0.717) is 11.3 Å². The number of amides is 1. The van der Waals surface area contributed by atoms with E-state index in [1.54, 1.807) is 24.3 Å². The fraction of sp³-hybridized carbons (Fsp3) is 0.318. The van der Waals surface area contributed by atoms with E-state index in [1.165, 1.54) is 0 Å². The summed E-state index contributed by atoms with van der Waals surface area (Å²) in [5, 5.41) is 0.832. The minimum absolute atomic E-state index is 0.0386. The van der Waals surface area contributed by atoms with Crippen LogP contribution in [-0.2, 0) is 17.1 Å². The number of nitrogens with zero attached hydrogens (tertiary/aromatic N) is 2. The number of carbonyl (C=O) groups is 1. The van der Waals surface area contributed by atoms with Gasteiger partial charge in [0, 0.05) is 31.7 Å². The maximum absolute atomic E-state index is 12.8. The summed E-state index contributed by atoms with van der Waals surface area (Å²) in [6.45, 7) is 5.34. The Morgan fingerprint density at radius 3 is 2.31 bits per heavy atom. The molecule has 4 rings (SSSR count). The maximum Gasteiger partial charge on any atom is 0.261 e. The molecule has 0 spiro atoms. The lowest BCUT2D eigenvalue weighted by atomic mass is 10.1. The molecule has 2 aromatic carbocycles. The number of anilines is 1. The van der Waals surface area contributed by atoms with E-state index in [1.807, 2.05) is 48.7 Å². The van der Waals surface area contributed by atoms with Gasteiger partial charge in [-0.1, -0.05) is 6.07 Å². The number of fused-ring (bicyclic) bond motifs is 1. The first-order valence-electron chi connectivity index (χ1n) is 9.74. The van der Waals surface area contributed by atoms with E-state index < -0.39 is 10.0 Å². The van der Waals surface area contributed by atoms with Crippen LogP contribution in [0.5, 0.6) is 0 Å². The van der Waals surface area contributed by atoms with Crippen LogP contribution in [0.25, 0.3) is 10.9 Å². The van der Waals surface area contributed by atoms with Crippen LogP contribution in [0.3, 0.4) is 0 Å². The fourth-order valence-electron chi connectivity index (χ4n) is 4.01. The van der Waals surface area contributed by atoms with Crippen molar-refractivity contribution in [3.05, 3.63) is 59.3 Å². The lowest BCUT2D eigenvalue weighted by Gasteiger charge is -2.14. The summed E-state index contributed by atoms with van der Waals surface area (Å²) in [6.07, 6.45) is 3.91. The Morgan fingerprint density at radius 2 is 1.66 bits per heavy atom. The standard InChI is InChI=1S/C22H25N3O3S/c1-15-10-16(2)12-18(11-15)29(27,28)23-17-6-7-19-20(14-24(3)21(19)13-17)22(26)25-8-4-5-9-25/h6-7,10-14,23H,4-5,8-9H2,1-3H3. The zero-order valence-electron chi connectivity index (χ0n) is 16.9. The van der Waals surface area contributed by atoms with E-state index in [-0.39, 0.29) is 10.8 Å². The number of benzene rings is 2. The average molecular weight is 412 g/mol. The monoisotopic (exact) mass is 411 g/mol. The van der Waals surface area contributed by atoms with E-state index >= 15 is 0 Å². The van der Waals surface area contributed by atoms with Crippen molar-refractivity contribution in [2.45, 2.75) is 31.6 Å². The second-order valence-corrected chi connectivity index (χ2v) is 9.50. The van der Waals surface area contributed by atoms with Crippen molar-refractivity contribution < 1.29 is 13.2 Å². The van der Waals surface area contributed by atoms with Crippen LogP contribution in [0.15, 0.2) is 47.5 Å². The van der Waals surface area contributed by atoms with Crippen molar-refractivity contribution in [2.24, 2.45) is 7.05 Å². The van der Waals surface area contributed by atoms with Crippen molar-refractivity contribution in [3.8, 4) is 0 Å². The minimum Gasteiger partial charge on any atom is -0.350 e. The van der Waals surface area contributed by atoms with Crippen LogP contribution in [0.2, 0.25) is 0 Å². The van der Waals surface area contributed by atoms with Crippen LogP contribution in [0, 0.1) is 13.8 Å². The van der Waals surface area contributed by atoms with Gasteiger partial charge in [-0.15, -0.1) is 0 Å². The molecule has 6 nitrogen and oxygen atoms in total. The molecule has 0 unspecified atom stereocenters. The Kier molecular flexibility index (Phi) is 4.86. The first-order chi connectivity index (χ1) is 13.7. The summed E-state index contributed by atoms with van der Waals surface area (Å²) < 4.78 is 30.2. The predicted octanol–water partition coefficient (Wildman–Crippen LogP) is 3.83. The molecule has 0 radical (unpaired) electrons. The average Bonchev–Trinajstić information content (AvgIpc) is 3.29. The molecule has 3 aromatic rings. The van der Waals surface area contributed by atoms with E-state index in [4.69, 9.17) is 0 Å². The second kappa shape index (κ2) is 7.22. The third kappa shape index (κ3) is 3.74. The number of sulfonamides is 1. The van der Waals surface area contributed by atoms with Crippen molar-refractivity contribution in [2.75, 3.05) is 17.8 Å². The van der Waals surface area contributed by atoms with Gasteiger partial charge in [0.05, 0.1) is 21.7 Å². The zero-order chi connectivity index (χ0) is 20.8. The molecule has 1 aliphatic heterocycles. The van der Waals surface area contributed by atoms with E-state index in [9.17, 15) is 13.2 Å². The highest BCUT2D eigenvalue weighted by atomic mass is 32.2. The van der Waals surface area contributed by atoms with Gasteiger partial charge in [0.1, 0.15) is 0 Å². The van der Waals surface area contributed by atoms with Crippen LogP contribution >= 0.6 is 0 Å². The van der Waals surface area contributed by atoms with E-state index in [0.717, 1.165) is 48.0 Å². The van der Waals surface area contributed by atoms with Gasteiger partial charge in [-0.25, -0.2) is 8.42 Å². The highest BCUT2D eigenvalue weighted by molar-refractivity contribution is 7.92. The summed E-state index contributed by atoms with van der Waals surface area (Å²) >= 11 is 0. The van der Waals surface area contributed by atoms with Gasteiger partial charge >= 0.3 is 0 Å².